The lowest BCUT2D eigenvalue weighted by atomic mass is 10.0. The Kier molecular flexibility index (Phi) is 5.02. The smallest absolute Gasteiger partial charge is 0.235 e. The van der Waals surface area contributed by atoms with E-state index in [4.69, 9.17) is 5.73 Å². The minimum Gasteiger partial charge on any atom is -0.396 e. The number of thiophene rings is 1. The van der Waals surface area contributed by atoms with Gasteiger partial charge in [0.15, 0.2) is 0 Å². The van der Waals surface area contributed by atoms with Crippen molar-refractivity contribution >= 4 is 32.7 Å². The van der Waals surface area contributed by atoms with Gasteiger partial charge in [0.1, 0.15) is 5.82 Å². The van der Waals surface area contributed by atoms with Crippen LogP contribution in [0.5, 0.6) is 0 Å². The van der Waals surface area contributed by atoms with Crippen molar-refractivity contribution in [2.24, 2.45) is 0 Å². The second-order valence-corrected chi connectivity index (χ2v) is 9.33. The molecule has 0 aliphatic carbocycles. The van der Waals surface area contributed by atoms with Gasteiger partial charge in [-0.25, -0.2) is 12.8 Å². The first-order chi connectivity index (χ1) is 12.3. The molecule has 4 nitrogen and oxygen atoms in total. The number of hydrogen-bond donors (Lipinski definition) is 2. The quantitative estimate of drug-likeness (QED) is 0.605. The summed E-state index contributed by atoms with van der Waals surface area (Å²) in [4.78, 5) is 0.847. The summed E-state index contributed by atoms with van der Waals surface area (Å²) in [5.74, 6) is -0.439. The third-order valence-corrected chi connectivity index (χ3v) is 6.72. The zero-order chi connectivity index (χ0) is 18.9. The third kappa shape index (κ3) is 3.73. The van der Waals surface area contributed by atoms with Gasteiger partial charge in [-0.05, 0) is 54.1 Å². The molecule has 7 heteroatoms. The Labute approximate surface area is 156 Å². The van der Waals surface area contributed by atoms with Gasteiger partial charge in [-0.15, -0.1) is 11.3 Å². The molecule has 0 unspecified atom stereocenters. The van der Waals surface area contributed by atoms with Gasteiger partial charge >= 0.3 is 0 Å². The SMILES string of the molecule is CC(C)S(=O)(=O)Nc1ccsc1-c1ccc(-c2ccc(F)c(N)c2)cc1. The van der Waals surface area contributed by atoms with E-state index >= 15 is 0 Å². The van der Waals surface area contributed by atoms with Gasteiger partial charge in [-0.2, -0.15) is 0 Å². The highest BCUT2D eigenvalue weighted by atomic mass is 32.2. The number of nitrogens with two attached hydrogens (primary N) is 1. The Bertz CT molecular complexity index is 1030. The molecule has 0 fully saturated rings. The summed E-state index contributed by atoms with van der Waals surface area (Å²) in [6, 6.07) is 14.0. The molecule has 0 bridgehead atoms. The largest absolute Gasteiger partial charge is 0.396 e. The normalized spacial score (nSPS) is 11.7. The van der Waals surface area contributed by atoms with E-state index in [0.29, 0.717) is 5.69 Å². The summed E-state index contributed by atoms with van der Waals surface area (Å²) >= 11 is 1.46. The number of rotatable bonds is 5. The summed E-state index contributed by atoms with van der Waals surface area (Å²) in [5.41, 5.74) is 8.94. The van der Waals surface area contributed by atoms with Crippen LogP contribution < -0.4 is 10.5 Å². The number of halogens is 1. The molecule has 1 heterocycles. The zero-order valence-electron chi connectivity index (χ0n) is 14.4. The lowest BCUT2D eigenvalue weighted by Crippen LogP contribution is -2.22. The first-order valence-electron chi connectivity index (χ1n) is 8.03. The summed E-state index contributed by atoms with van der Waals surface area (Å²) in [6.45, 7) is 3.27. The molecular formula is C19H19FN2O2S2. The molecule has 0 atom stereocenters. The molecule has 3 N–H and O–H groups in total. The van der Waals surface area contributed by atoms with E-state index in [-0.39, 0.29) is 5.69 Å². The molecule has 1 aromatic heterocycles. The van der Waals surface area contributed by atoms with Gasteiger partial charge in [0, 0.05) is 0 Å². The number of nitrogen functional groups attached to an aromatic ring is 1. The average molecular weight is 391 g/mol. The van der Waals surface area contributed by atoms with Crippen molar-refractivity contribution in [3.63, 3.8) is 0 Å². The lowest BCUT2D eigenvalue weighted by Gasteiger charge is -2.12. The maximum absolute atomic E-state index is 13.3. The Morgan fingerprint density at radius 1 is 1.00 bits per heavy atom. The van der Waals surface area contributed by atoms with Gasteiger partial charge in [-0.3, -0.25) is 4.72 Å². The Balaban J connectivity index is 1.90. The third-order valence-electron chi connectivity index (χ3n) is 4.01. The Hall–Kier alpha value is -2.38. The van der Waals surface area contributed by atoms with Gasteiger partial charge in [0.05, 0.1) is 21.5 Å². The second-order valence-electron chi connectivity index (χ2n) is 6.17. The Morgan fingerprint density at radius 3 is 2.23 bits per heavy atom. The predicted molar refractivity (Wildman–Crippen MR) is 107 cm³/mol. The number of nitrogens with one attached hydrogen (secondary N) is 1. The number of hydrogen-bond acceptors (Lipinski definition) is 4. The van der Waals surface area contributed by atoms with Crippen LogP contribution >= 0.6 is 11.3 Å². The topological polar surface area (TPSA) is 72.2 Å². The van der Waals surface area contributed by atoms with Crippen LogP contribution in [0.2, 0.25) is 0 Å². The molecule has 0 spiro atoms. The molecular weight excluding hydrogens is 371 g/mol. The van der Waals surface area contributed by atoms with Crippen LogP contribution in [0.4, 0.5) is 15.8 Å². The molecule has 0 aliphatic heterocycles. The minimum absolute atomic E-state index is 0.107. The number of benzene rings is 2. The van der Waals surface area contributed by atoms with Gasteiger partial charge in [0.2, 0.25) is 10.0 Å². The molecule has 136 valence electrons. The van der Waals surface area contributed by atoms with Crippen LogP contribution in [-0.2, 0) is 10.0 Å². The van der Waals surface area contributed by atoms with E-state index in [0.717, 1.165) is 21.6 Å². The molecule has 0 saturated carbocycles. The molecule has 0 saturated heterocycles. The van der Waals surface area contributed by atoms with Crippen molar-refractivity contribution in [1.82, 2.24) is 0 Å². The predicted octanol–water partition coefficient (Wildman–Crippen LogP) is 4.95. The molecule has 3 rings (SSSR count). The van der Waals surface area contributed by atoms with Crippen LogP contribution in [0.3, 0.4) is 0 Å². The van der Waals surface area contributed by atoms with Gasteiger partial charge in [-0.1, -0.05) is 30.3 Å². The van der Waals surface area contributed by atoms with E-state index in [1.54, 1.807) is 32.0 Å². The van der Waals surface area contributed by atoms with Crippen molar-refractivity contribution < 1.29 is 12.8 Å². The van der Waals surface area contributed by atoms with E-state index in [2.05, 4.69) is 4.72 Å². The van der Waals surface area contributed by atoms with Gasteiger partial charge < -0.3 is 5.73 Å². The molecule has 0 radical (unpaired) electrons. The van der Waals surface area contributed by atoms with Crippen LogP contribution in [-0.4, -0.2) is 13.7 Å². The van der Waals surface area contributed by atoms with E-state index in [1.807, 2.05) is 29.6 Å². The fourth-order valence-electron chi connectivity index (χ4n) is 2.42. The average Bonchev–Trinajstić information content (AvgIpc) is 3.05. The van der Waals surface area contributed by atoms with Crippen LogP contribution in [0, 0.1) is 5.82 Å². The zero-order valence-corrected chi connectivity index (χ0v) is 16.0. The molecule has 0 amide bonds. The highest BCUT2D eigenvalue weighted by Gasteiger charge is 2.18. The van der Waals surface area contributed by atoms with Crippen molar-refractivity contribution in [3.05, 3.63) is 59.7 Å². The van der Waals surface area contributed by atoms with E-state index in [9.17, 15) is 12.8 Å². The maximum atomic E-state index is 13.3. The summed E-state index contributed by atoms with van der Waals surface area (Å²) in [6.07, 6.45) is 0. The molecule has 26 heavy (non-hydrogen) atoms. The van der Waals surface area contributed by atoms with Crippen molar-refractivity contribution in [2.75, 3.05) is 10.5 Å². The maximum Gasteiger partial charge on any atom is 0.235 e. The van der Waals surface area contributed by atoms with Gasteiger partial charge in [0.25, 0.3) is 0 Å². The van der Waals surface area contributed by atoms with Crippen LogP contribution in [0.1, 0.15) is 13.8 Å². The standard InChI is InChI=1S/C19H19FN2O2S2/c1-12(2)26(23,24)22-18-9-10-25-19(18)14-5-3-13(4-6-14)15-7-8-16(20)17(21)11-15/h3-12,22H,21H2,1-2H3. The lowest BCUT2D eigenvalue weighted by molar-refractivity contribution is 0.593. The summed E-state index contributed by atoms with van der Waals surface area (Å²) in [5, 5.41) is 1.34. The number of anilines is 2. The van der Waals surface area contributed by atoms with Crippen molar-refractivity contribution in [2.45, 2.75) is 19.1 Å². The highest BCUT2D eigenvalue weighted by molar-refractivity contribution is 7.93. The monoisotopic (exact) mass is 390 g/mol. The summed E-state index contributed by atoms with van der Waals surface area (Å²) < 4.78 is 40.2. The first-order valence-corrected chi connectivity index (χ1v) is 10.5. The van der Waals surface area contributed by atoms with E-state index in [1.165, 1.54) is 17.4 Å². The Morgan fingerprint density at radius 2 is 1.62 bits per heavy atom. The van der Waals surface area contributed by atoms with Crippen molar-refractivity contribution in [3.8, 4) is 21.6 Å². The molecule has 0 aliphatic rings. The highest BCUT2D eigenvalue weighted by Crippen LogP contribution is 2.36. The fraction of sp³-hybridized carbons (Fsp3) is 0.158. The fourth-order valence-corrected chi connectivity index (χ4v) is 4.06. The number of sulfonamides is 1. The summed E-state index contributed by atoms with van der Waals surface area (Å²) in [7, 11) is -3.40. The first kappa shape index (κ1) is 18.4. The minimum atomic E-state index is -3.40. The molecule has 3 aromatic rings. The van der Waals surface area contributed by atoms with E-state index < -0.39 is 21.1 Å². The molecule has 2 aromatic carbocycles. The second kappa shape index (κ2) is 7.09. The van der Waals surface area contributed by atoms with Crippen molar-refractivity contribution in [1.29, 1.82) is 0 Å². The van der Waals surface area contributed by atoms with Crippen LogP contribution in [0.25, 0.3) is 21.6 Å². The van der Waals surface area contributed by atoms with Crippen LogP contribution in [0.15, 0.2) is 53.9 Å².